The summed E-state index contributed by atoms with van der Waals surface area (Å²) in [5, 5.41) is 3.43. The molecule has 0 bridgehead atoms. The van der Waals surface area contributed by atoms with Crippen LogP contribution in [0.15, 0.2) is 42.5 Å². The molecule has 2 aromatic rings. The van der Waals surface area contributed by atoms with Crippen molar-refractivity contribution in [3.05, 3.63) is 58.6 Å². The van der Waals surface area contributed by atoms with Crippen LogP contribution in [0.2, 0.25) is 5.02 Å². The van der Waals surface area contributed by atoms with Gasteiger partial charge in [0.25, 0.3) is 0 Å². The maximum absolute atomic E-state index is 12.0. The monoisotopic (exact) mass is 333 g/mol. The Morgan fingerprint density at radius 1 is 1.09 bits per heavy atom. The van der Waals surface area contributed by atoms with Crippen molar-refractivity contribution in [2.24, 2.45) is 0 Å². The molecule has 1 N–H and O–H groups in total. The summed E-state index contributed by atoms with van der Waals surface area (Å²) < 4.78 is 10.4. The molecule has 2 aromatic carbocycles. The van der Waals surface area contributed by atoms with Crippen LogP contribution in [0.1, 0.15) is 11.1 Å². The Balaban J connectivity index is 1.86. The first-order chi connectivity index (χ1) is 11.1. The third kappa shape index (κ3) is 4.89. The highest BCUT2D eigenvalue weighted by atomic mass is 35.5. The molecule has 0 aromatic heterocycles. The number of rotatable bonds is 7. The third-order valence-corrected chi connectivity index (χ3v) is 3.87. The molecule has 2 rings (SSSR count). The second-order valence-electron chi connectivity index (χ2n) is 5.05. The number of hydrogen-bond acceptors (Lipinski definition) is 3. The summed E-state index contributed by atoms with van der Waals surface area (Å²) in [5.74, 6) is 1.45. The van der Waals surface area contributed by atoms with Gasteiger partial charge in [-0.25, -0.2) is 0 Å². The quantitative estimate of drug-likeness (QED) is 0.846. The normalized spacial score (nSPS) is 10.2. The van der Waals surface area contributed by atoms with Crippen LogP contribution < -0.4 is 14.8 Å². The number of nitrogens with one attached hydrogen (secondary N) is 1. The zero-order valence-corrected chi connectivity index (χ0v) is 14.0. The van der Waals surface area contributed by atoms with Crippen molar-refractivity contribution in [2.75, 3.05) is 20.8 Å². The summed E-state index contributed by atoms with van der Waals surface area (Å²) in [6.07, 6.45) is 0.959. The van der Waals surface area contributed by atoms with Gasteiger partial charge in [0.2, 0.25) is 5.91 Å². The number of benzene rings is 2. The van der Waals surface area contributed by atoms with Crippen LogP contribution in [-0.4, -0.2) is 26.7 Å². The first-order valence-electron chi connectivity index (χ1n) is 7.35. The Labute approximate surface area is 141 Å². The predicted molar refractivity (Wildman–Crippen MR) is 91.4 cm³/mol. The van der Waals surface area contributed by atoms with Crippen molar-refractivity contribution in [1.29, 1.82) is 0 Å². The largest absolute Gasteiger partial charge is 0.497 e. The summed E-state index contributed by atoms with van der Waals surface area (Å²) in [4.78, 5) is 12.0. The Bertz CT molecular complexity index is 673. The van der Waals surface area contributed by atoms with Crippen molar-refractivity contribution in [2.45, 2.75) is 12.8 Å². The van der Waals surface area contributed by atoms with Crippen molar-refractivity contribution in [3.8, 4) is 11.5 Å². The summed E-state index contributed by atoms with van der Waals surface area (Å²) in [6.45, 7) is 0.549. The van der Waals surface area contributed by atoms with Crippen LogP contribution in [0.25, 0.3) is 0 Å². The molecule has 0 aliphatic carbocycles. The summed E-state index contributed by atoms with van der Waals surface area (Å²) in [5.41, 5.74) is 1.85. The number of ether oxygens (including phenoxy) is 2. The van der Waals surface area contributed by atoms with Gasteiger partial charge in [-0.15, -0.1) is 0 Å². The highest BCUT2D eigenvalue weighted by Crippen LogP contribution is 2.22. The van der Waals surface area contributed by atoms with Crippen molar-refractivity contribution in [3.63, 3.8) is 0 Å². The lowest BCUT2D eigenvalue weighted by atomic mass is 10.1. The molecule has 122 valence electrons. The van der Waals surface area contributed by atoms with Gasteiger partial charge < -0.3 is 14.8 Å². The lowest BCUT2D eigenvalue weighted by Crippen LogP contribution is -2.27. The lowest BCUT2D eigenvalue weighted by molar-refractivity contribution is -0.120. The molecule has 4 nitrogen and oxygen atoms in total. The van der Waals surface area contributed by atoms with Crippen LogP contribution in [0, 0.1) is 0 Å². The smallest absolute Gasteiger partial charge is 0.224 e. The van der Waals surface area contributed by atoms with E-state index in [1.807, 2.05) is 24.3 Å². The topological polar surface area (TPSA) is 47.6 Å². The van der Waals surface area contributed by atoms with Crippen molar-refractivity contribution >= 4 is 17.5 Å². The number of methoxy groups -OCH3 is 2. The number of carbonyl (C=O) groups excluding carboxylic acids is 1. The number of carbonyl (C=O) groups is 1. The standard InChI is InChI=1S/C18H20ClNO3/c1-22-15-8-7-14(16(19)12-15)11-18(21)20-10-9-13-5-3-4-6-17(13)23-2/h3-8,12H,9-11H2,1-2H3,(H,20,21). The molecule has 5 heteroatoms. The van der Waals surface area contributed by atoms with Gasteiger partial charge in [0.05, 0.1) is 20.6 Å². The summed E-state index contributed by atoms with van der Waals surface area (Å²) >= 11 is 6.15. The molecule has 0 saturated carbocycles. The van der Waals surface area contributed by atoms with Gasteiger partial charge in [-0.2, -0.15) is 0 Å². The predicted octanol–water partition coefficient (Wildman–Crippen LogP) is 3.26. The van der Waals surface area contributed by atoms with Crippen molar-refractivity contribution in [1.82, 2.24) is 5.32 Å². The van der Waals surface area contributed by atoms with E-state index in [1.165, 1.54) is 0 Å². The number of para-hydroxylation sites is 1. The highest BCUT2D eigenvalue weighted by Gasteiger charge is 2.08. The third-order valence-electron chi connectivity index (χ3n) is 3.52. The van der Waals surface area contributed by atoms with E-state index < -0.39 is 0 Å². The van der Waals surface area contributed by atoms with E-state index in [9.17, 15) is 4.79 Å². The molecule has 0 saturated heterocycles. The fourth-order valence-electron chi connectivity index (χ4n) is 2.28. The number of halogens is 1. The maximum Gasteiger partial charge on any atom is 0.224 e. The van der Waals surface area contributed by atoms with E-state index in [0.29, 0.717) is 23.7 Å². The van der Waals surface area contributed by atoms with E-state index in [0.717, 1.165) is 16.9 Å². The summed E-state index contributed by atoms with van der Waals surface area (Å²) in [6, 6.07) is 13.1. The molecular weight excluding hydrogens is 314 g/mol. The Morgan fingerprint density at radius 2 is 1.87 bits per heavy atom. The molecule has 0 aliphatic heterocycles. The van der Waals surface area contributed by atoms with Crippen LogP contribution in [0.3, 0.4) is 0 Å². The molecule has 0 atom stereocenters. The minimum atomic E-state index is -0.0630. The van der Waals surface area contributed by atoms with E-state index in [-0.39, 0.29) is 12.3 Å². The summed E-state index contributed by atoms with van der Waals surface area (Å²) in [7, 11) is 3.22. The van der Waals surface area contributed by atoms with Crippen LogP contribution >= 0.6 is 11.6 Å². The van der Waals surface area contributed by atoms with E-state index in [4.69, 9.17) is 21.1 Å². The zero-order chi connectivity index (χ0) is 16.7. The average molecular weight is 334 g/mol. The molecule has 0 aliphatic rings. The second kappa shape index (κ2) is 8.44. The molecule has 0 spiro atoms. The van der Waals surface area contributed by atoms with E-state index in [1.54, 1.807) is 32.4 Å². The van der Waals surface area contributed by atoms with E-state index >= 15 is 0 Å². The first kappa shape index (κ1) is 17.2. The van der Waals surface area contributed by atoms with Gasteiger partial charge in [0, 0.05) is 11.6 Å². The number of hydrogen-bond donors (Lipinski definition) is 1. The molecule has 23 heavy (non-hydrogen) atoms. The molecule has 0 heterocycles. The van der Waals surface area contributed by atoms with Gasteiger partial charge in [-0.3, -0.25) is 4.79 Å². The van der Waals surface area contributed by atoms with Crippen molar-refractivity contribution < 1.29 is 14.3 Å². The maximum atomic E-state index is 12.0. The lowest BCUT2D eigenvalue weighted by Gasteiger charge is -2.10. The van der Waals surface area contributed by atoms with Crippen LogP contribution in [0.5, 0.6) is 11.5 Å². The number of amides is 1. The fourth-order valence-corrected chi connectivity index (χ4v) is 2.52. The SMILES string of the molecule is COc1ccc(CC(=O)NCCc2ccccc2OC)c(Cl)c1. The minimum Gasteiger partial charge on any atom is -0.497 e. The zero-order valence-electron chi connectivity index (χ0n) is 13.3. The van der Waals surface area contributed by atoms with Gasteiger partial charge in [-0.1, -0.05) is 35.9 Å². The minimum absolute atomic E-state index is 0.0630. The van der Waals surface area contributed by atoms with E-state index in [2.05, 4.69) is 5.32 Å². The van der Waals surface area contributed by atoms with Crippen LogP contribution in [-0.2, 0) is 17.6 Å². The molecule has 0 radical (unpaired) electrons. The molecule has 0 unspecified atom stereocenters. The molecular formula is C18H20ClNO3. The average Bonchev–Trinajstić information content (AvgIpc) is 2.57. The Kier molecular flexibility index (Phi) is 6.29. The highest BCUT2D eigenvalue weighted by molar-refractivity contribution is 6.31. The van der Waals surface area contributed by atoms with Gasteiger partial charge in [-0.05, 0) is 35.7 Å². The van der Waals surface area contributed by atoms with Gasteiger partial charge in [0.1, 0.15) is 11.5 Å². The molecule has 1 amide bonds. The first-order valence-corrected chi connectivity index (χ1v) is 7.73. The van der Waals surface area contributed by atoms with Crippen LogP contribution in [0.4, 0.5) is 0 Å². The molecule has 0 fully saturated rings. The van der Waals surface area contributed by atoms with Gasteiger partial charge in [0.15, 0.2) is 0 Å². The fraction of sp³-hybridized carbons (Fsp3) is 0.278. The Morgan fingerprint density at radius 3 is 2.57 bits per heavy atom. The Hall–Kier alpha value is -2.20. The van der Waals surface area contributed by atoms with Gasteiger partial charge >= 0.3 is 0 Å². The second-order valence-corrected chi connectivity index (χ2v) is 5.45.